The molecule has 0 bridgehead atoms. The minimum absolute atomic E-state index is 0. The molecule has 248 valence electrons. The number of hydrogen-bond acceptors (Lipinski definition) is 6. The number of aliphatic hydroxyl groups is 3. The summed E-state index contributed by atoms with van der Waals surface area (Å²) in [6, 6.07) is 0. The second-order valence-electron chi connectivity index (χ2n) is 5.67. The minimum Gasteiger partial charge on any atom is -0.504 e. The van der Waals surface area contributed by atoms with Crippen LogP contribution >= 0.6 is 0 Å². The number of ketones is 3. The van der Waals surface area contributed by atoms with Crippen molar-refractivity contribution in [3.05, 3.63) is 35.5 Å². The van der Waals surface area contributed by atoms with Crippen LogP contribution in [0.2, 0.25) is 0 Å². The number of carbonyl (C=O) groups is 3. The van der Waals surface area contributed by atoms with Crippen LogP contribution in [0.25, 0.3) is 0 Å². The van der Waals surface area contributed by atoms with Gasteiger partial charge < -0.3 is 26.3 Å². The van der Waals surface area contributed by atoms with Gasteiger partial charge in [-0.2, -0.15) is 79.0 Å². The minimum atomic E-state index is -5.42. The summed E-state index contributed by atoms with van der Waals surface area (Å²) < 4.78 is 204. The van der Waals surface area contributed by atoms with Crippen molar-refractivity contribution in [2.24, 2.45) is 0 Å². The first kappa shape index (κ1) is 52.3. The third-order valence-electron chi connectivity index (χ3n) is 2.51. The van der Waals surface area contributed by atoms with Crippen molar-refractivity contribution in [1.82, 2.24) is 0 Å². The van der Waals surface area contributed by atoms with E-state index in [-0.39, 0.29) is 51.8 Å². The Morgan fingerprint density at radius 3 is 0.548 bits per heavy atom. The molecule has 8 nitrogen and oxygen atoms in total. The maximum Gasteiger partial charge on any atom is 0.454 e. The summed E-state index contributed by atoms with van der Waals surface area (Å²) in [6.45, 7) is 0. The zero-order valence-corrected chi connectivity index (χ0v) is 21.8. The molecule has 0 spiro atoms. The Kier molecular flexibility index (Phi) is 22.8. The van der Waals surface area contributed by atoms with E-state index in [1.807, 2.05) is 0 Å². The molecule has 0 aliphatic rings. The average Bonchev–Trinajstić information content (AvgIpc) is 2.64. The number of halogens is 18. The van der Waals surface area contributed by atoms with Gasteiger partial charge in [0.25, 0.3) is 17.3 Å². The van der Waals surface area contributed by atoms with Crippen molar-refractivity contribution in [1.29, 1.82) is 0 Å². The number of alkyl halides is 18. The van der Waals surface area contributed by atoms with E-state index in [9.17, 15) is 93.4 Å². The third-order valence-corrected chi connectivity index (χ3v) is 2.51. The van der Waals surface area contributed by atoms with Gasteiger partial charge in [0.1, 0.15) is 0 Å². The van der Waals surface area contributed by atoms with Crippen LogP contribution in [0.3, 0.4) is 0 Å². The Balaban J connectivity index is -0.000000112. The molecule has 0 rings (SSSR count). The third kappa shape index (κ3) is 24.3. The van der Waals surface area contributed by atoms with Crippen molar-refractivity contribution in [2.75, 3.05) is 0 Å². The second-order valence-corrected chi connectivity index (χ2v) is 5.67. The number of rotatable bonds is 3. The Bertz CT molecular complexity index is 839. The molecule has 0 aliphatic carbocycles. The maximum atomic E-state index is 11.4. The Morgan fingerprint density at radius 1 is 0.357 bits per heavy atom. The smallest absolute Gasteiger partial charge is 0.454 e. The van der Waals surface area contributed by atoms with Gasteiger partial charge >= 0.3 is 37.1 Å². The quantitative estimate of drug-likeness (QED) is 0.212. The standard InChI is InChI=1S/3C5H2F6O2.Nd.2H2O/c3*6-4(7,8)2(12)1-3(13)5(9,10)11;;;/h3*1,12H;;2*1H2/b3*2-1-;;;. The first-order valence-corrected chi connectivity index (χ1v) is 7.92. The van der Waals surface area contributed by atoms with Crippen molar-refractivity contribution in [3.63, 3.8) is 0 Å². The van der Waals surface area contributed by atoms with Crippen LogP contribution < -0.4 is 0 Å². The van der Waals surface area contributed by atoms with Gasteiger partial charge in [0, 0.05) is 59.1 Å². The van der Waals surface area contributed by atoms with Gasteiger partial charge in [0.15, 0.2) is 0 Å². The first-order chi connectivity index (χ1) is 16.6. The van der Waals surface area contributed by atoms with Crippen molar-refractivity contribution >= 4 is 17.3 Å². The van der Waals surface area contributed by atoms with Crippen molar-refractivity contribution in [3.8, 4) is 0 Å². The molecule has 0 unspecified atom stereocenters. The van der Waals surface area contributed by atoms with Crippen LogP contribution in [0.4, 0.5) is 79.0 Å². The number of allylic oxidation sites excluding steroid dienone is 6. The summed E-state index contributed by atoms with van der Waals surface area (Å²) in [5.74, 6) is -16.0. The molecule has 0 aromatic rings. The molecule has 0 heterocycles. The molecular formula is C15H10F18NdO8. The average molecular weight is 804 g/mol. The SMILES string of the molecule is O.O.O=C(/C=C(\O)C(F)(F)F)C(F)(F)F.O=C(/C=C(\O)C(F)(F)F)C(F)(F)F.O=C(/C=C(\O)C(F)(F)F)C(F)(F)F.[Nd]. The zero-order valence-electron chi connectivity index (χ0n) is 18.6. The van der Waals surface area contributed by atoms with E-state index >= 15 is 0 Å². The van der Waals surface area contributed by atoms with Gasteiger partial charge in [-0.05, 0) is 0 Å². The predicted octanol–water partition coefficient (Wildman–Crippen LogP) is 4.72. The van der Waals surface area contributed by atoms with E-state index in [2.05, 4.69) is 0 Å². The summed E-state index contributed by atoms with van der Waals surface area (Å²) in [5, 5.41) is 23.8. The van der Waals surface area contributed by atoms with E-state index in [0.29, 0.717) is 0 Å². The Labute approximate surface area is 250 Å². The monoisotopic (exact) mass is 802 g/mol. The molecule has 0 atom stereocenters. The second kappa shape index (κ2) is 18.3. The van der Waals surface area contributed by atoms with Gasteiger partial charge in [0.05, 0.1) is 0 Å². The Hall–Kier alpha value is -2.36. The van der Waals surface area contributed by atoms with E-state index in [1.54, 1.807) is 0 Å². The van der Waals surface area contributed by atoms with Crippen molar-refractivity contribution in [2.45, 2.75) is 37.1 Å². The van der Waals surface area contributed by atoms with Crippen molar-refractivity contribution < 1.29 is 161 Å². The molecule has 0 aromatic carbocycles. The fraction of sp³-hybridized carbons (Fsp3) is 0.400. The molecule has 0 aromatic heterocycles. The van der Waals surface area contributed by atoms with Crippen LogP contribution in [-0.2, 0) is 14.4 Å². The maximum absolute atomic E-state index is 11.4. The molecule has 0 fully saturated rings. The predicted molar refractivity (Wildman–Crippen MR) is 90.7 cm³/mol. The van der Waals surface area contributed by atoms with Crippen LogP contribution in [-0.4, -0.2) is 80.7 Å². The normalized spacial score (nSPS) is 13.4. The Morgan fingerprint density at radius 2 is 0.476 bits per heavy atom. The molecule has 0 radical (unpaired) electrons. The molecule has 0 saturated heterocycles. The van der Waals surface area contributed by atoms with Crippen LogP contribution in [0.1, 0.15) is 0 Å². The summed E-state index contributed by atoms with van der Waals surface area (Å²) in [4.78, 5) is 29.6. The van der Waals surface area contributed by atoms with Crippen LogP contribution in [0.15, 0.2) is 35.5 Å². The molecule has 7 N–H and O–H groups in total. The molecule has 0 aliphatic heterocycles. The van der Waals surface area contributed by atoms with E-state index < -0.39 is 89.9 Å². The molecule has 0 amide bonds. The molecule has 0 saturated carbocycles. The number of hydrogen-bond donors (Lipinski definition) is 3. The van der Waals surface area contributed by atoms with E-state index in [4.69, 9.17) is 15.3 Å². The largest absolute Gasteiger partial charge is 0.504 e. The fourth-order valence-electron chi connectivity index (χ4n) is 0.864. The van der Waals surface area contributed by atoms with Crippen LogP contribution in [0.5, 0.6) is 0 Å². The molecule has 27 heteroatoms. The number of aliphatic hydroxyl groups excluding tert-OH is 3. The van der Waals surface area contributed by atoms with Gasteiger partial charge in [-0.15, -0.1) is 0 Å². The van der Waals surface area contributed by atoms with Gasteiger partial charge in [-0.1, -0.05) is 0 Å². The van der Waals surface area contributed by atoms with Crippen LogP contribution in [0, 0.1) is 40.8 Å². The van der Waals surface area contributed by atoms with Gasteiger partial charge in [-0.25, -0.2) is 0 Å². The fourth-order valence-corrected chi connectivity index (χ4v) is 0.864. The van der Waals surface area contributed by atoms with E-state index in [1.165, 1.54) is 0 Å². The topological polar surface area (TPSA) is 175 Å². The van der Waals surface area contributed by atoms with E-state index in [0.717, 1.165) is 0 Å². The first-order valence-electron chi connectivity index (χ1n) is 7.92. The zero-order chi connectivity index (χ0) is 32.6. The number of carbonyl (C=O) groups excluding carboxylic acids is 3. The molecule has 42 heavy (non-hydrogen) atoms. The summed E-state index contributed by atoms with van der Waals surface area (Å²) in [6.07, 6.45) is -35.0. The summed E-state index contributed by atoms with van der Waals surface area (Å²) in [7, 11) is 0. The van der Waals surface area contributed by atoms with Gasteiger partial charge in [-0.3, -0.25) is 14.4 Å². The van der Waals surface area contributed by atoms with Gasteiger partial charge in [0.2, 0.25) is 17.3 Å². The summed E-state index contributed by atoms with van der Waals surface area (Å²) in [5.41, 5.74) is 0. The molecular weight excluding hydrogens is 794 g/mol. The summed E-state index contributed by atoms with van der Waals surface area (Å²) >= 11 is 0.